The molecule has 2 aromatic carbocycles. The molecule has 0 radical (unpaired) electrons. The van der Waals surface area contributed by atoms with E-state index in [9.17, 15) is 5.26 Å². The highest BCUT2D eigenvalue weighted by atomic mass is 35.5. The third kappa shape index (κ3) is 3.77. The van der Waals surface area contributed by atoms with Crippen LogP contribution in [0, 0.1) is 18.3 Å². The first-order valence-electron chi connectivity index (χ1n) is 8.63. The molecule has 0 atom stereocenters. The lowest BCUT2D eigenvalue weighted by Gasteiger charge is -1.99. The number of aryl methyl sites for hydroxylation is 1. The largest absolute Gasteiger partial charge is 0.457 e. The Morgan fingerprint density at radius 3 is 2.64 bits per heavy atom. The summed E-state index contributed by atoms with van der Waals surface area (Å²) < 4.78 is 5.87. The Morgan fingerprint density at radius 1 is 1.11 bits per heavy atom. The summed E-state index contributed by atoms with van der Waals surface area (Å²) in [6.45, 7) is 2.05. The predicted octanol–water partition coefficient (Wildman–Crippen LogP) is 7.10. The van der Waals surface area contributed by atoms with Crippen LogP contribution in [-0.2, 0) is 0 Å². The molecule has 0 saturated heterocycles. The van der Waals surface area contributed by atoms with Gasteiger partial charge < -0.3 is 4.42 Å². The van der Waals surface area contributed by atoms with E-state index in [-0.39, 0.29) is 0 Å². The van der Waals surface area contributed by atoms with Crippen molar-refractivity contribution in [2.45, 2.75) is 6.92 Å². The van der Waals surface area contributed by atoms with Crippen LogP contribution >= 0.6 is 22.9 Å². The van der Waals surface area contributed by atoms with Gasteiger partial charge in [-0.25, -0.2) is 4.98 Å². The molecule has 0 aliphatic heterocycles. The number of halogens is 1. The van der Waals surface area contributed by atoms with Gasteiger partial charge in [0.05, 0.1) is 16.3 Å². The second-order valence-corrected chi connectivity index (χ2v) is 7.52. The van der Waals surface area contributed by atoms with Gasteiger partial charge in [0.2, 0.25) is 0 Å². The second-order valence-electron chi connectivity index (χ2n) is 6.26. The van der Waals surface area contributed by atoms with Gasteiger partial charge in [-0.3, -0.25) is 0 Å². The highest BCUT2D eigenvalue weighted by Gasteiger charge is 2.12. The maximum absolute atomic E-state index is 9.61. The quantitative estimate of drug-likeness (QED) is 0.342. The Kier molecular flexibility index (Phi) is 5.12. The summed E-state index contributed by atoms with van der Waals surface area (Å²) in [4.78, 5) is 4.62. The van der Waals surface area contributed by atoms with Crippen LogP contribution in [0.15, 0.2) is 70.5 Å². The Labute approximate surface area is 172 Å². The van der Waals surface area contributed by atoms with Crippen LogP contribution in [0.2, 0.25) is 5.02 Å². The van der Waals surface area contributed by atoms with Crippen LogP contribution < -0.4 is 0 Å². The van der Waals surface area contributed by atoms with Crippen LogP contribution in [0.25, 0.3) is 34.2 Å². The van der Waals surface area contributed by atoms with E-state index in [1.54, 1.807) is 6.08 Å². The summed E-state index contributed by atoms with van der Waals surface area (Å²) in [6, 6.07) is 21.6. The van der Waals surface area contributed by atoms with E-state index in [0.717, 1.165) is 16.8 Å². The number of benzene rings is 2. The molecule has 0 aliphatic rings. The molecule has 0 saturated carbocycles. The van der Waals surface area contributed by atoms with Gasteiger partial charge >= 0.3 is 0 Å². The van der Waals surface area contributed by atoms with Crippen molar-refractivity contribution in [3.63, 3.8) is 0 Å². The van der Waals surface area contributed by atoms with Crippen molar-refractivity contribution in [3.8, 4) is 28.7 Å². The molecule has 0 unspecified atom stereocenters. The highest BCUT2D eigenvalue weighted by molar-refractivity contribution is 7.11. The number of nitrogens with zero attached hydrogens (tertiary/aromatic N) is 2. The molecule has 136 valence electrons. The fourth-order valence-corrected chi connectivity index (χ4v) is 3.80. The highest BCUT2D eigenvalue weighted by Crippen LogP contribution is 2.31. The molecular weight excluding hydrogens is 388 g/mol. The summed E-state index contributed by atoms with van der Waals surface area (Å²) in [7, 11) is 0. The van der Waals surface area contributed by atoms with Gasteiger partial charge in [0.1, 0.15) is 22.6 Å². The number of nitriles is 1. The molecule has 0 fully saturated rings. The van der Waals surface area contributed by atoms with Gasteiger partial charge in [-0.05, 0) is 31.2 Å². The van der Waals surface area contributed by atoms with Crippen molar-refractivity contribution in [1.82, 2.24) is 4.98 Å². The van der Waals surface area contributed by atoms with E-state index in [4.69, 9.17) is 16.0 Å². The van der Waals surface area contributed by atoms with Gasteiger partial charge in [-0.1, -0.05) is 53.6 Å². The molecule has 0 spiro atoms. The SMILES string of the molecule is Cc1ccc(-c2csc(/C(C#N)=C/c3ccc(-c4ccccc4Cl)o3)n2)cc1. The first-order valence-corrected chi connectivity index (χ1v) is 9.89. The molecule has 4 aromatic rings. The second kappa shape index (κ2) is 7.85. The lowest BCUT2D eigenvalue weighted by molar-refractivity contribution is 0.572. The average Bonchev–Trinajstić information content (AvgIpc) is 3.37. The Morgan fingerprint density at radius 2 is 1.89 bits per heavy atom. The molecule has 0 aliphatic carbocycles. The van der Waals surface area contributed by atoms with Crippen LogP contribution in [-0.4, -0.2) is 4.98 Å². The smallest absolute Gasteiger partial charge is 0.136 e. The zero-order valence-electron chi connectivity index (χ0n) is 15.0. The average molecular weight is 403 g/mol. The van der Waals surface area contributed by atoms with E-state index >= 15 is 0 Å². The van der Waals surface area contributed by atoms with E-state index in [2.05, 4.69) is 23.2 Å². The Bertz CT molecular complexity index is 1200. The van der Waals surface area contributed by atoms with E-state index in [1.807, 2.05) is 60.8 Å². The van der Waals surface area contributed by atoms with E-state index in [0.29, 0.717) is 27.1 Å². The topological polar surface area (TPSA) is 49.8 Å². The number of rotatable bonds is 4. The maximum atomic E-state index is 9.61. The lowest BCUT2D eigenvalue weighted by Crippen LogP contribution is -1.82. The lowest BCUT2D eigenvalue weighted by atomic mass is 10.1. The van der Waals surface area contributed by atoms with Crippen LogP contribution in [0.5, 0.6) is 0 Å². The minimum absolute atomic E-state index is 0.462. The van der Waals surface area contributed by atoms with Gasteiger partial charge in [-0.15, -0.1) is 11.3 Å². The summed E-state index contributed by atoms with van der Waals surface area (Å²) in [6.07, 6.45) is 1.71. The molecule has 2 heterocycles. The van der Waals surface area contributed by atoms with Gasteiger partial charge in [-0.2, -0.15) is 5.26 Å². The van der Waals surface area contributed by atoms with Crippen molar-refractivity contribution < 1.29 is 4.42 Å². The zero-order chi connectivity index (χ0) is 19.5. The molecule has 2 aromatic heterocycles. The summed E-state index contributed by atoms with van der Waals surface area (Å²) in [5.74, 6) is 1.24. The molecule has 0 N–H and O–H groups in total. The molecule has 4 rings (SSSR count). The Hall–Kier alpha value is -3.13. The Balaban J connectivity index is 1.63. The maximum Gasteiger partial charge on any atom is 0.136 e. The van der Waals surface area contributed by atoms with Crippen molar-refractivity contribution in [2.24, 2.45) is 0 Å². The minimum Gasteiger partial charge on any atom is -0.457 e. The predicted molar refractivity (Wildman–Crippen MR) is 115 cm³/mol. The minimum atomic E-state index is 0.462. The van der Waals surface area contributed by atoms with Crippen LogP contribution in [0.1, 0.15) is 16.3 Å². The van der Waals surface area contributed by atoms with Gasteiger partial charge in [0.25, 0.3) is 0 Å². The van der Waals surface area contributed by atoms with Crippen molar-refractivity contribution in [1.29, 1.82) is 5.26 Å². The zero-order valence-corrected chi connectivity index (χ0v) is 16.6. The first kappa shape index (κ1) is 18.2. The number of thiazole rings is 1. The summed E-state index contributed by atoms with van der Waals surface area (Å²) >= 11 is 7.67. The fourth-order valence-electron chi connectivity index (χ4n) is 2.77. The monoisotopic (exact) mass is 402 g/mol. The van der Waals surface area contributed by atoms with E-state index in [1.165, 1.54) is 16.9 Å². The van der Waals surface area contributed by atoms with Crippen LogP contribution in [0.4, 0.5) is 0 Å². The van der Waals surface area contributed by atoms with Crippen molar-refractivity contribution in [2.75, 3.05) is 0 Å². The number of allylic oxidation sites excluding steroid dienone is 1. The number of hydrogen-bond donors (Lipinski definition) is 0. The first-order chi connectivity index (χ1) is 13.6. The van der Waals surface area contributed by atoms with E-state index < -0.39 is 0 Å². The number of aromatic nitrogens is 1. The normalized spacial score (nSPS) is 11.4. The third-order valence-corrected chi connectivity index (χ3v) is 5.46. The molecule has 3 nitrogen and oxygen atoms in total. The molecular formula is C23H15ClN2OS. The molecule has 5 heteroatoms. The number of furan rings is 1. The molecule has 0 bridgehead atoms. The summed E-state index contributed by atoms with van der Waals surface area (Å²) in [5, 5.41) is 12.9. The fraction of sp³-hybridized carbons (Fsp3) is 0.0435. The van der Waals surface area contributed by atoms with Gasteiger partial charge in [0, 0.05) is 22.6 Å². The van der Waals surface area contributed by atoms with Gasteiger partial charge in [0.15, 0.2) is 0 Å². The van der Waals surface area contributed by atoms with Crippen LogP contribution in [0.3, 0.4) is 0 Å². The standard InChI is InChI=1S/C23H15ClN2OS/c1-15-6-8-16(9-7-15)21-14-28-23(26-21)17(13-25)12-18-10-11-22(27-18)19-4-2-3-5-20(19)24/h2-12,14H,1H3/b17-12+. The van der Waals surface area contributed by atoms with Crippen molar-refractivity contribution in [3.05, 3.63) is 87.4 Å². The van der Waals surface area contributed by atoms with Crippen molar-refractivity contribution >= 4 is 34.6 Å². The molecule has 28 heavy (non-hydrogen) atoms. The molecule has 0 amide bonds. The number of hydrogen-bond acceptors (Lipinski definition) is 4. The summed E-state index contributed by atoms with van der Waals surface area (Å²) in [5.41, 5.74) is 4.37. The third-order valence-electron chi connectivity index (χ3n) is 4.26.